The summed E-state index contributed by atoms with van der Waals surface area (Å²) in [6, 6.07) is 0. The standard InChI is InChI=1S/C9H18O2.C7H19N2/c1-8(2)6-4-3-5-7-9(10)11;1-4-9(2,3)7-5-6-8/h8H,3-7H2,1-2H3,(H,10,11);4-8H2,1-3H3/q;+1/p-1. The molecule has 0 aromatic rings. The second-order valence-electron chi connectivity index (χ2n) is 6.48. The first kappa shape index (κ1) is 21.7. The van der Waals surface area contributed by atoms with E-state index in [4.69, 9.17) is 5.73 Å². The summed E-state index contributed by atoms with van der Waals surface area (Å²) in [7, 11) is 4.46. The molecule has 122 valence electrons. The number of hydrogen-bond acceptors (Lipinski definition) is 3. The Balaban J connectivity index is 0. The second-order valence-corrected chi connectivity index (χ2v) is 6.48. The van der Waals surface area contributed by atoms with Gasteiger partial charge in [0.15, 0.2) is 0 Å². The zero-order chi connectivity index (χ0) is 16.0. The van der Waals surface area contributed by atoms with Crippen molar-refractivity contribution in [3.8, 4) is 0 Å². The molecule has 0 bridgehead atoms. The lowest BCUT2D eigenvalue weighted by Gasteiger charge is -2.27. The smallest absolute Gasteiger partial charge is 0.0794 e. The number of carbonyl (C=O) groups is 1. The third kappa shape index (κ3) is 19.7. The van der Waals surface area contributed by atoms with Crippen LogP contribution in [0.15, 0.2) is 0 Å². The number of quaternary nitrogens is 1. The van der Waals surface area contributed by atoms with Crippen LogP contribution in [0, 0.1) is 5.92 Å². The van der Waals surface area contributed by atoms with Crippen molar-refractivity contribution < 1.29 is 14.4 Å². The zero-order valence-electron chi connectivity index (χ0n) is 14.3. The van der Waals surface area contributed by atoms with E-state index in [0.29, 0.717) is 0 Å². The molecule has 0 aromatic heterocycles. The number of rotatable bonds is 10. The van der Waals surface area contributed by atoms with Gasteiger partial charge < -0.3 is 20.1 Å². The molecule has 0 amide bonds. The molecule has 0 aromatic carbocycles. The van der Waals surface area contributed by atoms with Crippen LogP contribution in [0.5, 0.6) is 0 Å². The molecule has 20 heavy (non-hydrogen) atoms. The Kier molecular flexibility index (Phi) is 14.5. The monoisotopic (exact) mass is 288 g/mol. The minimum atomic E-state index is -0.922. The molecule has 0 rings (SSSR count). The van der Waals surface area contributed by atoms with Crippen molar-refractivity contribution in [1.82, 2.24) is 0 Å². The van der Waals surface area contributed by atoms with Crippen LogP contribution in [0.1, 0.15) is 59.3 Å². The number of aliphatic carboxylic acids is 1. The van der Waals surface area contributed by atoms with Crippen LogP contribution in [0.25, 0.3) is 0 Å². The summed E-state index contributed by atoms with van der Waals surface area (Å²) in [6.45, 7) is 9.78. The van der Waals surface area contributed by atoms with Gasteiger partial charge in [0.05, 0.1) is 27.2 Å². The highest BCUT2D eigenvalue weighted by atomic mass is 16.4. The predicted molar refractivity (Wildman–Crippen MR) is 84.1 cm³/mol. The SMILES string of the molecule is CC(C)CCCCCC(=O)[O-].CC[N+](C)(C)CCCN. The van der Waals surface area contributed by atoms with Crippen LogP contribution in [-0.2, 0) is 4.79 Å². The Bertz CT molecular complexity index is 229. The molecule has 0 saturated heterocycles. The van der Waals surface area contributed by atoms with Gasteiger partial charge in [-0.2, -0.15) is 0 Å². The molecule has 0 radical (unpaired) electrons. The maximum atomic E-state index is 9.99. The molecular weight excluding hydrogens is 252 g/mol. The van der Waals surface area contributed by atoms with E-state index in [1.165, 1.54) is 19.5 Å². The molecule has 2 N–H and O–H groups in total. The molecule has 0 saturated carbocycles. The number of carboxylic acid groups (broad SMARTS) is 1. The molecular formula is C16H36N2O2. The van der Waals surface area contributed by atoms with Crippen LogP contribution >= 0.6 is 0 Å². The highest BCUT2D eigenvalue weighted by Gasteiger charge is 2.08. The van der Waals surface area contributed by atoms with E-state index in [0.717, 1.165) is 42.6 Å². The number of nitrogens with two attached hydrogens (primary N) is 1. The van der Waals surface area contributed by atoms with E-state index >= 15 is 0 Å². The van der Waals surface area contributed by atoms with E-state index in [2.05, 4.69) is 34.9 Å². The Morgan fingerprint density at radius 3 is 2.15 bits per heavy atom. The van der Waals surface area contributed by atoms with Crippen LogP contribution in [0.3, 0.4) is 0 Å². The molecule has 0 heterocycles. The van der Waals surface area contributed by atoms with Gasteiger partial charge >= 0.3 is 0 Å². The normalized spacial score (nSPS) is 11.2. The van der Waals surface area contributed by atoms with E-state index in [1.54, 1.807) is 0 Å². The summed E-state index contributed by atoms with van der Waals surface area (Å²) in [6.07, 6.45) is 5.50. The van der Waals surface area contributed by atoms with E-state index in [-0.39, 0.29) is 6.42 Å². The number of carbonyl (C=O) groups excluding carboxylic acids is 1. The maximum absolute atomic E-state index is 9.99. The Morgan fingerprint density at radius 2 is 1.75 bits per heavy atom. The molecule has 0 aliphatic heterocycles. The van der Waals surface area contributed by atoms with Crippen LogP contribution < -0.4 is 10.8 Å². The van der Waals surface area contributed by atoms with Gasteiger partial charge in [0.1, 0.15) is 0 Å². The quantitative estimate of drug-likeness (QED) is 0.492. The molecule has 0 aliphatic rings. The van der Waals surface area contributed by atoms with Gasteiger partial charge in [0.2, 0.25) is 0 Å². The number of unbranched alkanes of at least 4 members (excludes halogenated alkanes) is 2. The van der Waals surface area contributed by atoms with Gasteiger partial charge in [-0.25, -0.2) is 0 Å². The summed E-state index contributed by atoms with van der Waals surface area (Å²) >= 11 is 0. The lowest BCUT2D eigenvalue weighted by molar-refractivity contribution is -0.888. The summed E-state index contributed by atoms with van der Waals surface area (Å²) in [5.41, 5.74) is 5.38. The van der Waals surface area contributed by atoms with Gasteiger partial charge in [-0.3, -0.25) is 0 Å². The number of nitrogens with zero attached hydrogens (tertiary/aromatic N) is 1. The number of carboxylic acids is 1. The lowest BCUT2D eigenvalue weighted by Crippen LogP contribution is -2.40. The van der Waals surface area contributed by atoms with Crippen molar-refractivity contribution in [1.29, 1.82) is 0 Å². The first-order valence-electron chi connectivity index (χ1n) is 7.97. The lowest BCUT2D eigenvalue weighted by atomic mass is 10.0. The Hall–Kier alpha value is -0.610. The average molecular weight is 288 g/mol. The maximum Gasteiger partial charge on any atom is 0.0794 e. The van der Waals surface area contributed by atoms with Crippen molar-refractivity contribution >= 4 is 5.97 Å². The van der Waals surface area contributed by atoms with Gasteiger partial charge in [-0.15, -0.1) is 0 Å². The fourth-order valence-corrected chi connectivity index (χ4v) is 1.68. The average Bonchev–Trinajstić information content (AvgIpc) is 2.36. The van der Waals surface area contributed by atoms with E-state index < -0.39 is 5.97 Å². The second kappa shape index (κ2) is 13.4. The number of hydrogen-bond donors (Lipinski definition) is 1. The van der Waals surface area contributed by atoms with Gasteiger partial charge in [-0.05, 0) is 32.2 Å². The minimum Gasteiger partial charge on any atom is -0.550 e. The Labute approximate surface area is 125 Å². The topological polar surface area (TPSA) is 66.1 Å². The first-order valence-corrected chi connectivity index (χ1v) is 7.97. The third-order valence-corrected chi connectivity index (χ3v) is 3.49. The van der Waals surface area contributed by atoms with Crippen LogP contribution in [0.4, 0.5) is 0 Å². The molecule has 4 heteroatoms. The van der Waals surface area contributed by atoms with Gasteiger partial charge in [0, 0.05) is 12.4 Å². The van der Waals surface area contributed by atoms with Crippen LogP contribution in [0.2, 0.25) is 0 Å². The fraction of sp³-hybridized carbons (Fsp3) is 0.938. The minimum absolute atomic E-state index is 0.220. The largest absolute Gasteiger partial charge is 0.550 e. The van der Waals surface area contributed by atoms with Crippen LogP contribution in [-0.4, -0.2) is 44.2 Å². The van der Waals surface area contributed by atoms with Gasteiger partial charge in [0.25, 0.3) is 0 Å². The van der Waals surface area contributed by atoms with Crippen molar-refractivity contribution in [2.45, 2.75) is 59.3 Å². The third-order valence-electron chi connectivity index (χ3n) is 3.49. The molecule has 4 nitrogen and oxygen atoms in total. The molecule has 0 fully saturated rings. The predicted octanol–water partition coefficient (Wildman–Crippen LogP) is 1.77. The Morgan fingerprint density at radius 1 is 1.15 bits per heavy atom. The fourth-order valence-electron chi connectivity index (χ4n) is 1.68. The molecule has 0 atom stereocenters. The van der Waals surface area contributed by atoms with E-state index in [9.17, 15) is 9.90 Å². The zero-order valence-corrected chi connectivity index (χ0v) is 14.3. The van der Waals surface area contributed by atoms with Crippen molar-refractivity contribution in [3.63, 3.8) is 0 Å². The van der Waals surface area contributed by atoms with Gasteiger partial charge in [-0.1, -0.05) is 33.1 Å². The molecule has 0 aliphatic carbocycles. The summed E-state index contributed by atoms with van der Waals surface area (Å²) in [5, 5.41) is 9.99. The summed E-state index contributed by atoms with van der Waals surface area (Å²) < 4.78 is 1.09. The van der Waals surface area contributed by atoms with E-state index in [1.807, 2.05) is 0 Å². The molecule has 0 spiro atoms. The van der Waals surface area contributed by atoms with Crippen molar-refractivity contribution in [3.05, 3.63) is 0 Å². The first-order chi connectivity index (χ1) is 9.25. The highest BCUT2D eigenvalue weighted by molar-refractivity contribution is 5.63. The summed E-state index contributed by atoms with van der Waals surface area (Å²) in [4.78, 5) is 9.99. The molecule has 0 unspecified atom stereocenters. The van der Waals surface area contributed by atoms with Crippen molar-refractivity contribution in [2.24, 2.45) is 11.7 Å². The summed E-state index contributed by atoms with van der Waals surface area (Å²) in [5.74, 6) is -0.187. The highest BCUT2D eigenvalue weighted by Crippen LogP contribution is 2.08. The van der Waals surface area contributed by atoms with Crippen molar-refractivity contribution in [2.75, 3.05) is 33.7 Å².